The number of hydrogen-bond acceptors (Lipinski definition) is 5. The number of likely N-dealkylation sites (N-methyl/N-ethyl adjacent to an activating group) is 1. The van der Waals surface area contributed by atoms with Crippen molar-refractivity contribution in [2.24, 2.45) is 0 Å². The molecule has 1 aliphatic rings. The summed E-state index contributed by atoms with van der Waals surface area (Å²) >= 11 is 0. The van der Waals surface area contributed by atoms with Gasteiger partial charge in [-0.25, -0.2) is 12.7 Å². The number of benzene rings is 1. The molecule has 1 saturated heterocycles. The lowest BCUT2D eigenvalue weighted by Gasteiger charge is -2.30. The fraction of sp³-hybridized carbons (Fsp3) is 0.571. The molecule has 0 aliphatic carbocycles. The summed E-state index contributed by atoms with van der Waals surface area (Å²) < 4.78 is 31.4. The number of anilines is 2. The van der Waals surface area contributed by atoms with Gasteiger partial charge in [0.25, 0.3) is 0 Å². The van der Waals surface area contributed by atoms with Gasteiger partial charge in [0, 0.05) is 27.7 Å². The van der Waals surface area contributed by atoms with Crippen LogP contribution in [-0.2, 0) is 14.8 Å². The van der Waals surface area contributed by atoms with Crippen LogP contribution in [0.4, 0.5) is 11.4 Å². The largest absolute Gasteiger partial charge is 0.396 e. The molecular weight excluding hydrogens is 290 g/mol. The Balaban J connectivity index is 2.43. The fourth-order valence-corrected chi connectivity index (χ4v) is 3.70. The van der Waals surface area contributed by atoms with E-state index in [2.05, 4.69) is 0 Å². The highest BCUT2D eigenvalue weighted by atomic mass is 32.2. The van der Waals surface area contributed by atoms with Crippen molar-refractivity contribution in [3.8, 4) is 0 Å². The Hall–Kier alpha value is -1.31. The van der Waals surface area contributed by atoms with Gasteiger partial charge in [-0.05, 0) is 25.5 Å². The summed E-state index contributed by atoms with van der Waals surface area (Å²) in [5, 5.41) is 0. The Bertz CT molecular complexity index is 616. The number of rotatable bonds is 4. The zero-order valence-electron chi connectivity index (χ0n) is 12.9. The summed E-state index contributed by atoms with van der Waals surface area (Å²) in [6, 6.07) is 5.30. The Labute approximate surface area is 126 Å². The third kappa shape index (κ3) is 2.86. The van der Waals surface area contributed by atoms with Gasteiger partial charge in [0.15, 0.2) is 0 Å². The second-order valence-electron chi connectivity index (χ2n) is 5.52. The predicted octanol–water partition coefficient (Wildman–Crippen LogP) is 1.13. The lowest BCUT2D eigenvalue weighted by atomic mass is 10.1. The van der Waals surface area contributed by atoms with Crippen LogP contribution in [-0.4, -0.2) is 52.6 Å². The normalized spacial score (nSPS) is 22.7. The van der Waals surface area contributed by atoms with E-state index in [1.54, 1.807) is 6.07 Å². The average molecular weight is 313 g/mol. The minimum Gasteiger partial charge on any atom is -0.396 e. The van der Waals surface area contributed by atoms with E-state index in [4.69, 9.17) is 10.5 Å². The van der Waals surface area contributed by atoms with E-state index in [9.17, 15) is 8.42 Å². The molecule has 6 nitrogen and oxygen atoms in total. The van der Waals surface area contributed by atoms with Gasteiger partial charge in [-0.3, -0.25) is 0 Å². The molecule has 1 aromatic carbocycles. The molecule has 1 aliphatic heterocycles. The Kier molecular flexibility index (Phi) is 4.46. The Morgan fingerprint density at radius 3 is 2.48 bits per heavy atom. The van der Waals surface area contributed by atoms with Crippen molar-refractivity contribution in [3.63, 3.8) is 0 Å². The quantitative estimate of drug-likeness (QED) is 0.843. The topological polar surface area (TPSA) is 75.9 Å². The summed E-state index contributed by atoms with van der Waals surface area (Å²) in [7, 11) is 1.37. The number of nitrogen functional groups attached to an aromatic ring is 1. The third-order valence-corrected chi connectivity index (χ3v) is 5.89. The highest BCUT2D eigenvalue weighted by molar-refractivity contribution is 7.89. The molecule has 0 bridgehead atoms. The van der Waals surface area contributed by atoms with Crippen molar-refractivity contribution in [2.45, 2.75) is 30.4 Å². The molecule has 2 unspecified atom stereocenters. The summed E-state index contributed by atoms with van der Waals surface area (Å²) in [5.41, 5.74) is 7.14. The minimum absolute atomic E-state index is 0.100. The molecule has 0 aromatic heterocycles. The van der Waals surface area contributed by atoms with Gasteiger partial charge in [0.2, 0.25) is 10.0 Å². The van der Waals surface area contributed by atoms with Crippen LogP contribution in [0, 0.1) is 0 Å². The van der Waals surface area contributed by atoms with Gasteiger partial charge in [0.05, 0.1) is 23.5 Å². The maximum atomic E-state index is 12.3. The smallest absolute Gasteiger partial charge is 0.244 e. The number of hydrogen-bond donors (Lipinski definition) is 1. The van der Waals surface area contributed by atoms with E-state index in [1.165, 1.54) is 24.5 Å². The van der Waals surface area contributed by atoms with E-state index in [0.29, 0.717) is 6.61 Å². The van der Waals surface area contributed by atoms with Gasteiger partial charge >= 0.3 is 0 Å². The van der Waals surface area contributed by atoms with Crippen LogP contribution in [0.5, 0.6) is 0 Å². The van der Waals surface area contributed by atoms with E-state index in [0.717, 1.165) is 12.1 Å². The second kappa shape index (κ2) is 5.82. The van der Waals surface area contributed by atoms with Crippen LogP contribution < -0.4 is 10.6 Å². The molecule has 0 spiro atoms. The van der Waals surface area contributed by atoms with Gasteiger partial charge < -0.3 is 15.4 Å². The van der Waals surface area contributed by atoms with E-state index in [1.807, 2.05) is 24.9 Å². The van der Waals surface area contributed by atoms with Crippen LogP contribution in [0.2, 0.25) is 0 Å². The van der Waals surface area contributed by atoms with Crippen molar-refractivity contribution in [1.82, 2.24) is 4.31 Å². The van der Waals surface area contributed by atoms with E-state index < -0.39 is 10.0 Å². The summed E-state index contributed by atoms with van der Waals surface area (Å²) in [5.74, 6) is 0. The van der Waals surface area contributed by atoms with E-state index in [-0.39, 0.29) is 22.7 Å². The highest BCUT2D eigenvalue weighted by Crippen LogP contribution is 2.33. The number of para-hydroxylation sites is 1. The van der Waals surface area contributed by atoms with Crippen molar-refractivity contribution in [3.05, 3.63) is 18.2 Å². The number of nitrogens with zero attached hydrogens (tertiary/aromatic N) is 2. The van der Waals surface area contributed by atoms with Crippen molar-refractivity contribution >= 4 is 21.4 Å². The average Bonchev–Trinajstić information content (AvgIpc) is 2.84. The first-order valence-electron chi connectivity index (χ1n) is 6.92. The molecule has 2 atom stereocenters. The minimum atomic E-state index is -3.55. The lowest BCUT2D eigenvalue weighted by molar-refractivity contribution is 0.118. The van der Waals surface area contributed by atoms with Crippen LogP contribution >= 0.6 is 0 Å². The zero-order chi connectivity index (χ0) is 15.8. The standard InChI is InChI=1S/C14H23N3O3S/c1-10-11(8-9-20-10)17(4)12-6-5-7-13(14(12)15)21(18,19)16(2)3/h5-7,10-11H,8-9,15H2,1-4H3. The fourth-order valence-electron chi connectivity index (χ4n) is 2.67. The van der Waals surface area contributed by atoms with Crippen LogP contribution in [0.15, 0.2) is 23.1 Å². The van der Waals surface area contributed by atoms with Gasteiger partial charge in [-0.2, -0.15) is 0 Å². The molecule has 0 saturated carbocycles. The SMILES string of the molecule is CC1OCCC1N(C)c1cccc(S(=O)(=O)N(C)C)c1N. The third-order valence-electron chi connectivity index (χ3n) is 4.02. The summed E-state index contributed by atoms with van der Waals surface area (Å²) in [6.07, 6.45) is 1.01. The number of nitrogens with two attached hydrogens (primary N) is 1. The van der Waals surface area contributed by atoms with Crippen molar-refractivity contribution in [2.75, 3.05) is 38.4 Å². The molecule has 0 radical (unpaired) electrons. The first-order valence-corrected chi connectivity index (χ1v) is 8.36. The molecule has 1 fully saturated rings. The first kappa shape index (κ1) is 16.1. The number of ether oxygens (including phenoxy) is 1. The Morgan fingerprint density at radius 2 is 1.95 bits per heavy atom. The van der Waals surface area contributed by atoms with Crippen LogP contribution in [0.25, 0.3) is 0 Å². The highest BCUT2D eigenvalue weighted by Gasteiger charge is 2.30. The molecule has 0 amide bonds. The molecule has 1 heterocycles. The van der Waals surface area contributed by atoms with Crippen LogP contribution in [0.3, 0.4) is 0 Å². The summed E-state index contributed by atoms with van der Waals surface area (Å²) in [4.78, 5) is 2.16. The first-order chi connectivity index (χ1) is 9.76. The monoisotopic (exact) mass is 313 g/mol. The lowest BCUT2D eigenvalue weighted by Crippen LogP contribution is -2.37. The van der Waals surface area contributed by atoms with Crippen LogP contribution in [0.1, 0.15) is 13.3 Å². The molecule has 1 aromatic rings. The molecule has 2 rings (SSSR count). The van der Waals surface area contributed by atoms with Crippen molar-refractivity contribution < 1.29 is 13.2 Å². The maximum Gasteiger partial charge on any atom is 0.244 e. The number of sulfonamides is 1. The van der Waals surface area contributed by atoms with E-state index >= 15 is 0 Å². The zero-order valence-corrected chi connectivity index (χ0v) is 13.7. The maximum absolute atomic E-state index is 12.3. The van der Waals surface area contributed by atoms with Gasteiger partial charge in [-0.15, -0.1) is 0 Å². The Morgan fingerprint density at radius 1 is 1.29 bits per heavy atom. The van der Waals surface area contributed by atoms with Gasteiger partial charge in [0.1, 0.15) is 4.90 Å². The molecule has 118 valence electrons. The molecule has 2 N–H and O–H groups in total. The summed E-state index contributed by atoms with van der Waals surface area (Å²) in [6.45, 7) is 2.73. The van der Waals surface area contributed by atoms with Crippen molar-refractivity contribution in [1.29, 1.82) is 0 Å². The molecule has 21 heavy (non-hydrogen) atoms. The molecule has 7 heteroatoms. The second-order valence-corrected chi connectivity index (χ2v) is 7.64. The molecular formula is C14H23N3O3S. The predicted molar refractivity (Wildman–Crippen MR) is 83.9 cm³/mol. The van der Waals surface area contributed by atoms with Gasteiger partial charge in [-0.1, -0.05) is 6.07 Å².